The van der Waals surface area contributed by atoms with E-state index in [9.17, 15) is 9.59 Å². The smallest absolute Gasteiger partial charge is 0.243 e. The van der Waals surface area contributed by atoms with E-state index in [1.165, 1.54) is 16.6 Å². The van der Waals surface area contributed by atoms with E-state index < -0.39 is 0 Å². The summed E-state index contributed by atoms with van der Waals surface area (Å²) in [4.78, 5) is 29.6. The summed E-state index contributed by atoms with van der Waals surface area (Å²) in [5, 5.41) is 15.0. The number of benzene rings is 1. The first kappa shape index (κ1) is 20.1. The molecule has 7 nitrogen and oxygen atoms in total. The summed E-state index contributed by atoms with van der Waals surface area (Å²) in [7, 11) is 0. The van der Waals surface area contributed by atoms with Crippen molar-refractivity contribution >= 4 is 40.6 Å². The number of para-hydroxylation sites is 1. The molecule has 0 radical (unpaired) electrons. The molecule has 0 saturated carbocycles. The van der Waals surface area contributed by atoms with E-state index in [2.05, 4.69) is 25.8 Å². The number of carbonyl (C=O) groups excluding carboxylic acids is 2. The largest absolute Gasteiger partial charge is 0.346 e. The molecule has 3 rings (SSSR count). The summed E-state index contributed by atoms with van der Waals surface area (Å²) < 4.78 is 0. The molecule has 0 bridgehead atoms. The Balaban J connectivity index is 1.40. The summed E-state index contributed by atoms with van der Waals surface area (Å²) in [6.45, 7) is 1.95. The number of anilines is 1. The molecular formula is C19H21N5O2S2. The Morgan fingerprint density at radius 3 is 2.82 bits per heavy atom. The highest BCUT2D eigenvalue weighted by atomic mass is 32.2. The molecule has 2 aromatic heterocycles. The second-order valence-electron chi connectivity index (χ2n) is 5.95. The van der Waals surface area contributed by atoms with Gasteiger partial charge in [0.05, 0.1) is 12.3 Å². The van der Waals surface area contributed by atoms with Crippen LogP contribution in [0.4, 0.5) is 5.69 Å². The predicted molar refractivity (Wildman–Crippen MR) is 112 cm³/mol. The van der Waals surface area contributed by atoms with Crippen LogP contribution in [0.5, 0.6) is 0 Å². The van der Waals surface area contributed by atoms with Crippen molar-refractivity contribution in [1.29, 1.82) is 0 Å². The Hall–Kier alpha value is -2.65. The molecule has 2 amide bonds. The molecule has 0 spiro atoms. The molecule has 0 fully saturated rings. The molecule has 146 valence electrons. The fourth-order valence-electron chi connectivity index (χ4n) is 2.50. The quantitative estimate of drug-likeness (QED) is 0.467. The molecule has 1 aromatic carbocycles. The molecule has 3 aromatic rings. The van der Waals surface area contributed by atoms with Gasteiger partial charge in [0.25, 0.3) is 0 Å². The average Bonchev–Trinajstić information content (AvgIpc) is 3.37. The van der Waals surface area contributed by atoms with E-state index in [0.29, 0.717) is 11.6 Å². The van der Waals surface area contributed by atoms with Gasteiger partial charge < -0.3 is 10.6 Å². The molecular weight excluding hydrogens is 394 g/mol. The van der Waals surface area contributed by atoms with Crippen LogP contribution in [0.25, 0.3) is 0 Å². The van der Waals surface area contributed by atoms with Crippen molar-refractivity contribution in [2.75, 3.05) is 17.6 Å². The van der Waals surface area contributed by atoms with Crippen LogP contribution in [0.1, 0.15) is 23.2 Å². The fourth-order valence-corrected chi connectivity index (χ4v) is 3.86. The van der Waals surface area contributed by atoms with Crippen molar-refractivity contribution in [1.82, 2.24) is 20.5 Å². The maximum Gasteiger partial charge on any atom is 0.243 e. The minimum absolute atomic E-state index is 0.0743. The molecule has 9 heteroatoms. The Bertz CT molecular complexity index is 924. The Morgan fingerprint density at radius 2 is 2.04 bits per heavy atom. The summed E-state index contributed by atoms with van der Waals surface area (Å²) in [5.41, 5.74) is 1.83. The standard InChI is InChI=1S/C19H21N5O2S2/c1-2-13-6-3-4-8-15(13)21-17(25)11-20-18(26)12-28-19-22-16(23-24-19)10-14-7-5-9-27-14/h3-9H,2,10-12H2,1H3,(H,20,26)(H,21,25)(H,22,23,24). The van der Waals surface area contributed by atoms with Gasteiger partial charge in [-0.1, -0.05) is 43.0 Å². The number of amides is 2. The normalized spacial score (nSPS) is 10.6. The number of aromatic amines is 1. The van der Waals surface area contributed by atoms with E-state index in [0.717, 1.165) is 23.5 Å². The van der Waals surface area contributed by atoms with Crippen molar-refractivity contribution in [3.8, 4) is 0 Å². The van der Waals surface area contributed by atoms with Gasteiger partial charge in [-0.15, -0.1) is 16.4 Å². The summed E-state index contributed by atoms with van der Waals surface area (Å²) in [6.07, 6.45) is 1.52. The topological polar surface area (TPSA) is 99.8 Å². The zero-order valence-electron chi connectivity index (χ0n) is 15.4. The maximum absolute atomic E-state index is 12.1. The fraction of sp³-hybridized carbons (Fsp3) is 0.263. The minimum Gasteiger partial charge on any atom is -0.346 e. The lowest BCUT2D eigenvalue weighted by Gasteiger charge is -2.10. The lowest BCUT2D eigenvalue weighted by Crippen LogP contribution is -2.34. The third kappa shape index (κ3) is 5.93. The highest BCUT2D eigenvalue weighted by Gasteiger charge is 2.11. The Labute approximate surface area is 171 Å². The van der Waals surface area contributed by atoms with Crippen LogP contribution in [0.15, 0.2) is 46.9 Å². The summed E-state index contributed by atoms with van der Waals surface area (Å²) in [5.74, 6) is 0.415. The number of thioether (sulfide) groups is 1. The van der Waals surface area contributed by atoms with Crippen molar-refractivity contribution in [3.05, 3.63) is 58.0 Å². The monoisotopic (exact) mass is 415 g/mol. The first-order chi connectivity index (χ1) is 13.6. The van der Waals surface area contributed by atoms with Crippen LogP contribution in [-0.2, 0) is 22.4 Å². The number of thiophene rings is 1. The number of aromatic nitrogens is 3. The van der Waals surface area contributed by atoms with E-state index in [4.69, 9.17) is 0 Å². The number of H-pyrrole nitrogens is 1. The molecule has 0 aliphatic carbocycles. The van der Waals surface area contributed by atoms with Gasteiger partial charge in [0.2, 0.25) is 17.0 Å². The van der Waals surface area contributed by atoms with Gasteiger partial charge in [0.15, 0.2) is 0 Å². The van der Waals surface area contributed by atoms with Crippen molar-refractivity contribution in [2.24, 2.45) is 0 Å². The number of nitrogens with one attached hydrogen (secondary N) is 3. The van der Waals surface area contributed by atoms with Crippen LogP contribution in [-0.4, -0.2) is 39.3 Å². The first-order valence-electron chi connectivity index (χ1n) is 8.85. The second-order valence-corrected chi connectivity index (χ2v) is 7.92. The maximum atomic E-state index is 12.1. The van der Waals surface area contributed by atoms with Gasteiger partial charge >= 0.3 is 0 Å². The van der Waals surface area contributed by atoms with E-state index in [-0.39, 0.29) is 24.1 Å². The molecule has 28 heavy (non-hydrogen) atoms. The zero-order chi connectivity index (χ0) is 19.8. The number of hydrogen-bond donors (Lipinski definition) is 3. The van der Waals surface area contributed by atoms with Gasteiger partial charge in [-0.3, -0.25) is 14.7 Å². The van der Waals surface area contributed by atoms with Gasteiger partial charge in [-0.05, 0) is 29.5 Å². The number of rotatable bonds is 9. The third-order valence-electron chi connectivity index (χ3n) is 3.88. The van der Waals surface area contributed by atoms with Crippen molar-refractivity contribution in [3.63, 3.8) is 0 Å². The van der Waals surface area contributed by atoms with Crippen LogP contribution in [0, 0.1) is 0 Å². The van der Waals surface area contributed by atoms with Gasteiger partial charge in [-0.2, -0.15) is 0 Å². The highest BCUT2D eigenvalue weighted by molar-refractivity contribution is 7.99. The molecule has 0 unspecified atom stereocenters. The lowest BCUT2D eigenvalue weighted by atomic mass is 10.1. The average molecular weight is 416 g/mol. The van der Waals surface area contributed by atoms with Gasteiger partial charge in [-0.25, -0.2) is 4.98 Å². The predicted octanol–water partition coefficient (Wildman–Crippen LogP) is 2.87. The van der Waals surface area contributed by atoms with Crippen molar-refractivity contribution < 1.29 is 9.59 Å². The van der Waals surface area contributed by atoms with Crippen molar-refractivity contribution in [2.45, 2.75) is 24.9 Å². The van der Waals surface area contributed by atoms with Gasteiger partial charge in [0, 0.05) is 17.0 Å². The molecule has 0 saturated heterocycles. The second kappa shape index (κ2) is 10.0. The molecule has 0 aliphatic rings. The SMILES string of the molecule is CCc1ccccc1NC(=O)CNC(=O)CSc1n[nH]c(Cc2cccs2)n1. The number of aryl methyl sites for hydroxylation is 1. The van der Waals surface area contributed by atoms with Crippen LogP contribution in [0.3, 0.4) is 0 Å². The van der Waals surface area contributed by atoms with Crippen LogP contribution >= 0.6 is 23.1 Å². The highest BCUT2D eigenvalue weighted by Crippen LogP contribution is 2.16. The van der Waals surface area contributed by atoms with Crippen LogP contribution in [0.2, 0.25) is 0 Å². The number of hydrogen-bond acceptors (Lipinski definition) is 6. The Kier molecular flexibility index (Phi) is 7.21. The van der Waals surface area contributed by atoms with E-state index >= 15 is 0 Å². The zero-order valence-corrected chi connectivity index (χ0v) is 17.0. The van der Waals surface area contributed by atoms with E-state index in [1.54, 1.807) is 11.3 Å². The first-order valence-corrected chi connectivity index (χ1v) is 10.7. The summed E-state index contributed by atoms with van der Waals surface area (Å²) in [6, 6.07) is 11.7. The van der Waals surface area contributed by atoms with Gasteiger partial charge in [0.1, 0.15) is 5.82 Å². The van der Waals surface area contributed by atoms with E-state index in [1.807, 2.05) is 48.7 Å². The number of carbonyl (C=O) groups is 2. The minimum atomic E-state index is -0.254. The molecule has 0 aliphatic heterocycles. The Morgan fingerprint density at radius 1 is 1.18 bits per heavy atom. The molecule has 2 heterocycles. The molecule has 0 atom stereocenters. The van der Waals surface area contributed by atoms with Crippen LogP contribution < -0.4 is 10.6 Å². The third-order valence-corrected chi connectivity index (χ3v) is 5.61. The lowest BCUT2D eigenvalue weighted by molar-refractivity contribution is -0.122. The summed E-state index contributed by atoms with van der Waals surface area (Å²) >= 11 is 2.89. The number of nitrogens with zero attached hydrogens (tertiary/aromatic N) is 2. The molecule has 3 N–H and O–H groups in total.